The Bertz CT molecular complexity index is 101. The summed E-state index contributed by atoms with van der Waals surface area (Å²) >= 11 is 0. The number of allylic oxidation sites excluding steroid dienone is 1. The van der Waals surface area contributed by atoms with Gasteiger partial charge in [0.25, 0.3) is 0 Å². The van der Waals surface area contributed by atoms with Crippen LogP contribution in [0.4, 0.5) is 0 Å². The first-order valence-corrected chi connectivity index (χ1v) is 3.23. The highest BCUT2D eigenvalue weighted by Gasteiger charge is 2.21. The molecule has 0 amide bonds. The smallest absolute Gasteiger partial charge is 0.154 e. The molecule has 1 saturated heterocycles. The zero-order valence-electron chi connectivity index (χ0n) is 5.42. The minimum atomic E-state index is -0.519. The van der Waals surface area contributed by atoms with Crippen LogP contribution < -0.4 is 0 Å². The third kappa shape index (κ3) is 1.80. The van der Waals surface area contributed by atoms with E-state index in [4.69, 9.17) is 9.84 Å². The van der Waals surface area contributed by atoms with Crippen LogP contribution in [0, 0.1) is 5.92 Å². The summed E-state index contributed by atoms with van der Waals surface area (Å²) < 4.78 is 4.93. The molecule has 2 atom stereocenters. The number of rotatable bonds is 2. The number of hydrogen-bond donors (Lipinski definition) is 1. The molecule has 0 spiro atoms. The maximum atomic E-state index is 8.87. The van der Waals surface area contributed by atoms with E-state index in [9.17, 15) is 0 Å². The SMILES string of the molecule is C=CCC1COC(O)C1. The number of aliphatic hydroxyl groups excluding tert-OH is 1. The number of ether oxygens (including phenoxy) is 1. The van der Waals surface area contributed by atoms with Gasteiger partial charge >= 0.3 is 0 Å². The predicted molar refractivity (Wildman–Crippen MR) is 34.9 cm³/mol. The fourth-order valence-electron chi connectivity index (χ4n) is 1.07. The summed E-state index contributed by atoms with van der Waals surface area (Å²) in [4.78, 5) is 0. The maximum absolute atomic E-state index is 8.87. The Labute approximate surface area is 55.1 Å². The summed E-state index contributed by atoms with van der Waals surface area (Å²) in [5.74, 6) is 0.498. The van der Waals surface area contributed by atoms with E-state index >= 15 is 0 Å². The second-order valence-electron chi connectivity index (χ2n) is 2.41. The molecule has 0 radical (unpaired) electrons. The summed E-state index contributed by atoms with van der Waals surface area (Å²) in [6.07, 6.45) is 3.07. The van der Waals surface area contributed by atoms with Crippen LogP contribution in [-0.4, -0.2) is 18.0 Å². The standard InChI is InChI=1S/C7H12O2/c1-2-3-6-4-7(8)9-5-6/h2,6-8H,1,3-5H2. The molecule has 2 unspecified atom stereocenters. The Hall–Kier alpha value is -0.340. The second-order valence-corrected chi connectivity index (χ2v) is 2.41. The normalized spacial score (nSPS) is 34.8. The van der Waals surface area contributed by atoms with Crippen LogP contribution in [-0.2, 0) is 4.74 Å². The molecule has 52 valence electrons. The molecule has 1 N–H and O–H groups in total. The molecule has 0 aromatic carbocycles. The average molecular weight is 128 g/mol. The van der Waals surface area contributed by atoms with E-state index in [1.54, 1.807) is 0 Å². The van der Waals surface area contributed by atoms with Gasteiger partial charge in [0.2, 0.25) is 0 Å². The first-order chi connectivity index (χ1) is 4.33. The second kappa shape index (κ2) is 2.99. The molecule has 1 rings (SSSR count). The van der Waals surface area contributed by atoms with Crippen LogP contribution in [0.15, 0.2) is 12.7 Å². The quantitative estimate of drug-likeness (QED) is 0.560. The molecule has 9 heavy (non-hydrogen) atoms. The summed E-state index contributed by atoms with van der Waals surface area (Å²) in [6, 6.07) is 0. The molecule has 1 aliphatic heterocycles. The van der Waals surface area contributed by atoms with Gasteiger partial charge in [0.05, 0.1) is 6.61 Å². The van der Waals surface area contributed by atoms with Crippen molar-refractivity contribution >= 4 is 0 Å². The minimum Gasteiger partial charge on any atom is -0.368 e. The Kier molecular flexibility index (Phi) is 2.25. The van der Waals surface area contributed by atoms with Crippen LogP contribution in [0.2, 0.25) is 0 Å². The van der Waals surface area contributed by atoms with Gasteiger partial charge in [-0.3, -0.25) is 0 Å². The molecule has 0 saturated carbocycles. The zero-order valence-corrected chi connectivity index (χ0v) is 5.42. The molecule has 1 fully saturated rings. The monoisotopic (exact) mass is 128 g/mol. The van der Waals surface area contributed by atoms with Gasteiger partial charge in [0, 0.05) is 6.42 Å². The van der Waals surface area contributed by atoms with Crippen molar-refractivity contribution in [1.82, 2.24) is 0 Å². The summed E-state index contributed by atoms with van der Waals surface area (Å²) in [5, 5.41) is 8.87. The van der Waals surface area contributed by atoms with Crippen LogP contribution in [0.1, 0.15) is 12.8 Å². The Balaban J connectivity index is 2.21. The third-order valence-corrected chi connectivity index (χ3v) is 1.56. The van der Waals surface area contributed by atoms with Crippen molar-refractivity contribution in [2.24, 2.45) is 5.92 Å². The lowest BCUT2D eigenvalue weighted by Crippen LogP contribution is -2.00. The fraction of sp³-hybridized carbons (Fsp3) is 0.714. The van der Waals surface area contributed by atoms with Gasteiger partial charge in [0.1, 0.15) is 0 Å². The van der Waals surface area contributed by atoms with Crippen molar-refractivity contribution in [3.05, 3.63) is 12.7 Å². The largest absolute Gasteiger partial charge is 0.368 e. The number of hydrogen-bond acceptors (Lipinski definition) is 2. The van der Waals surface area contributed by atoms with Gasteiger partial charge in [-0.05, 0) is 12.3 Å². The Morgan fingerprint density at radius 3 is 3.00 bits per heavy atom. The van der Waals surface area contributed by atoms with E-state index in [-0.39, 0.29) is 0 Å². The highest BCUT2D eigenvalue weighted by atomic mass is 16.6. The summed E-state index contributed by atoms with van der Waals surface area (Å²) in [5.41, 5.74) is 0. The topological polar surface area (TPSA) is 29.5 Å². The summed E-state index contributed by atoms with van der Waals surface area (Å²) in [7, 11) is 0. The van der Waals surface area contributed by atoms with E-state index < -0.39 is 6.29 Å². The first kappa shape index (κ1) is 6.78. The predicted octanol–water partition coefficient (Wildman–Crippen LogP) is 0.917. The Morgan fingerprint density at radius 1 is 1.78 bits per heavy atom. The van der Waals surface area contributed by atoms with Crippen molar-refractivity contribution in [3.8, 4) is 0 Å². The molecule has 0 aromatic rings. The van der Waals surface area contributed by atoms with Crippen LogP contribution in [0.25, 0.3) is 0 Å². The van der Waals surface area contributed by atoms with Gasteiger partial charge in [0.15, 0.2) is 6.29 Å². The molecule has 1 aliphatic rings. The maximum Gasteiger partial charge on any atom is 0.154 e. The van der Waals surface area contributed by atoms with Crippen LogP contribution >= 0.6 is 0 Å². The first-order valence-electron chi connectivity index (χ1n) is 3.23. The van der Waals surface area contributed by atoms with E-state index in [1.807, 2.05) is 6.08 Å². The van der Waals surface area contributed by atoms with Crippen LogP contribution in [0.3, 0.4) is 0 Å². The van der Waals surface area contributed by atoms with Gasteiger partial charge < -0.3 is 9.84 Å². The molecular formula is C7H12O2. The molecule has 0 bridgehead atoms. The molecule has 0 aliphatic carbocycles. The third-order valence-electron chi connectivity index (χ3n) is 1.56. The van der Waals surface area contributed by atoms with E-state index in [0.29, 0.717) is 12.5 Å². The molecule has 2 nitrogen and oxygen atoms in total. The fourth-order valence-corrected chi connectivity index (χ4v) is 1.07. The molecule has 0 aromatic heterocycles. The Morgan fingerprint density at radius 2 is 2.56 bits per heavy atom. The van der Waals surface area contributed by atoms with Crippen molar-refractivity contribution in [1.29, 1.82) is 0 Å². The van der Waals surface area contributed by atoms with Crippen LogP contribution in [0.5, 0.6) is 0 Å². The minimum absolute atomic E-state index is 0.498. The van der Waals surface area contributed by atoms with Gasteiger partial charge in [-0.25, -0.2) is 0 Å². The molecule has 2 heteroatoms. The van der Waals surface area contributed by atoms with Crippen molar-refractivity contribution in [3.63, 3.8) is 0 Å². The highest BCUT2D eigenvalue weighted by molar-refractivity contribution is 4.76. The molecule has 1 heterocycles. The van der Waals surface area contributed by atoms with Gasteiger partial charge in [-0.2, -0.15) is 0 Å². The van der Waals surface area contributed by atoms with Crippen molar-refractivity contribution in [2.75, 3.05) is 6.61 Å². The van der Waals surface area contributed by atoms with Gasteiger partial charge in [-0.15, -0.1) is 6.58 Å². The van der Waals surface area contributed by atoms with Gasteiger partial charge in [-0.1, -0.05) is 6.08 Å². The number of aliphatic hydroxyl groups is 1. The highest BCUT2D eigenvalue weighted by Crippen LogP contribution is 2.20. The van der Waals surface area contributed by atoms with E-state index in [0.717, 1.165) is 12.8 Å². The lowest BCUT2D eigenvalue weighted by molar-refractivity contribution is -0.0591. The lowest BCUT2D eigenvalue weighted by Gasteiger charge is -1.99. The van der Waals surface area contributed by atoms with Crippen molar-refractivity contribution in [2.45, 2.75) is 19.1 Å². The zero-order chi connectivity index (χ0) is 6.69. The average Bonchev–Trinajstić information content (AvgIpc) is 2.17. The van der Waals surface area contributed by atoms with E-state index in [1.165, 1.54) is 0 Å². The summed E-state index contributed by atoms with van der Waals surface area (Å²) in [6.45, 7) is 4.30. The lowest BCUT2D eigenvalue weighted by atomic mass is 10.1. The van der Waals surface area contributed by atoms with E-state index in [2.05, 4.69) is 6.58 Å². The van der Waals surface area contributed by atoms with Crippen molar-refractivity contribution < 1.29 is 9.84 Å². The molecular weight excluding hydrogens is 116 g/mol.